The van der Waals surface area contributed by atoms with Gasteiger partial charge in [-0.2, -0.15) is 0 Å². The van der Waals surface area contributed by atoms with E-state index in [0.717, 1.165) is 24.5 Å². The summed E-state index contributed by atoms with van der Waals surface area (Å²) in [6, 6.07) is 0.0906. The molecule has 0 aliphatic carbocycles. The molecule has 1 N–H and O–H groups in total. The van der Waals surface area contributed by atoms with Crippen molar-refractivity contribution < 1.29 is 0 Å². The Bertz CT molecular complexity index is 421. The molecule has 1 atom stereocenters. The average molecular weight is 236 g/mol. The SMILES string of the molecule is CCCn1ccnc1C(NC)c1cscn1. The number of aromatic nitrogens is 3. The first kappa shape index (κ1) is 11.3. The van der Waals surface area contributed by atoms with Gasteiger partial charge in [-0.05, 0) is 13.5 Å². The molecule has 0 aliphatic heterocycles. The van der Waals surface area contributed by atoms with E-state index >= 15 is 0 Å². The number of thiazole rings is 1. The van der Waals surface area contributed by atoms with Gasteiger partial charge in [0.15, 0.2) is 0 Å². The van der Waals surface area contributed by atoms with Crippen LogP contribution in [0.3, 0.4) is 0 Å². The van der Waals surface area contributed by atoms with Crippen molar-refractivity contribution in [3.05, 3.63) is 34.8 Å². The number of nitrogens with one attached hydrogen (secondary N) is 1. The maximum absolute atomic E-state index is 4.43. The molecule has 2 heterocycles. The van der Waals surface area contributed by atoms with Crippen LogP contribution in [0, 0.1) is 0 Å². The lowest BCUT2D eigenvalue weighted by Crippen LogP contribution is -2.22. The van der Waals surface area contributed by atoms with Crippen LogP contribution in [0.5, 0.6) is 0 Å². The van der Waals surface area contributed by atoms with Gasteiger partial charge in [-0.3, -0.25) is 0 Å². The Labute approximate surface area is 99.4 Å². The van der Waals surface area contributed by atoms with Crippen molar-refractivity contribution >= 4 is 11.3 Å². The van der Waals surface area contributed by atoms with Gasteiger partial charge in [-0.25, -0.2) is 9.97 Å². The van der Waals surface area contributed by atoms with Crippen LogP contribution in [0.25, 0.3) is 0 Å². The first-order valence-electron chi connectivity index (χ1n) is 5.43. The fraction of sp³-hybridized carbons (Fsp3) is 0.455. The van der Waals surface area contributed by atoms with Crippen LogP contribution in [0.4, 0.5) is 0 Å². The van der Waals surface area contributed by atoms with Crippen molar-refractivity contribution in [2.24, 2.45) is 0 Å². The van der Waals surface area contributed by atoms with E-state index in [1.807, 2.05) is 25.0 Å². The number of imidazole rings is 1. The maximum atomic E-state index is 4.43. The highest BCUT2D eigenvalue weighted by atomic mass is 32.1. The molecule has 1 unspecified atom stereocenters. The highest BCUT2D eigenvalue weighted by molar-refractivity contribution is 7.07. The van der Waals surface area contributed by atoms with Gasteiger partial charge in [-0.15, -0.1) is 11.3 Å². The summed E-state index contributed by atoms with van der Waals surface area (Å²) in [5.41, 5.74) is 2.89. The summed E-state index contributed by atoms with van der Waals surface area (Å²) in [5.74, 6) is 1.04. The van der Waals surface area contributed by atoms with Gasteiger partial charge < -0.3 is 9.88 Å². The fourth-order valence-electron chi connectivity index (χ4n) is 1.78. The molecular weight excluding hydrogens is 220 g/mol. The Morgan fingerprint density at radius 2 is 2.38 bits per heavy atom. The van der Waals surface area contributed by atoms with E-state index in [1.165, 1.54) is 0 Å². The van der Waals surface area contributed by atoms with Gasteiger partial charge in [0.05, 0.1) is 11.2 Å². The molecule has 86 valence electrons. The van der Waals surface area contributed by atoms with Gasteiger partial charge >= 0.3 is 0 Å². The molecule has 0 saturated heterocycles. The van der Waals surface area contributed by atoms with E-state index in [2.05, 4.69) is 32.2 Å². The zero-order chi connectivity index (χ0) is 11.4. The van der Waals surface area contributed by atoms with Crippen LogP contribution in [-0.4, -0.2) is 21.6 Å². The number of nitrogens with zero attached hydrogens (tertiary/aromatic N) is 3. The Kier molecular flexibility index (Phi) is 3.69. The zero-order valence-electron chi connectivity index (χ0n) is 9.55. The molecule has 0 amide bonds. The molecular formula is C11H16N4S. The van der Waals surface area contributed by atoms with Crippen molar-refractivity contribution in [3.63, 3.8) is 0 Å². The molecule has 5 heteroatoms. The number of hydrogen-bond donors (Lipinski definition) is 1. The third-order valence-corrected chi connectivity index (χ3v) is 3.11. The molecule has 0 bridgehead atoms. The Morgan fingerprint density at radius 1 is 1.50 bits per heavy atom. The molecule has 0 aromatic carbocycles. The summed E-state index contributed by atoms with van der Waals surface area (Å²) >= 11 is 1.61. The minimum Gasteiger partial charge on any atom is -0.333 e. The summed E-state index contributed by atoms with van der Waals surface area (Å²) in [5, 5.41) is 5.33. The molecule has 2 aromatic heterocycles. The molecule has 0 fully saturated rings. The maximum Gasteiger partial charge on any atom is 0.132 e. The second kappa shape index (κ2) is 5.23. The van der Waals surface area contributed by atoms with E-state index in [1.54, 1.807) is 11.3 Å². The Hall–Kier alpha value is -1.20. The summed E-state index contributed by atoms with van der Waals surface area (Å²) < 4.78 is 2.18. The lowest BCUT2D eigenvalue weighted by Gasteiger charge is -2.15. The molecule has 16 heavy (non-hydrogen) atoms. The van der Waals surface area contributed by atoms with E-state index in [4.69, 9.17) is 0 Å². The average Bonchev–Trinajstić information content (AvgIpc) is 2.92. The van der Waals surface area contributed by atoms with Crippen LogP contribution in [0.15, 0.2) is 23.3 Å². The van der Waals surface area contributed by atoms with Crippen LogP contribution < -0.4 is 5.32 Å². The van der Waals surface area contributed by atoms with Crippen molar-refractivity contribution in [2.75, 3.05) is 7.05 Å². The smallest absolute Gasteiger partial charge is 0.132 e. The fourth-order valence-corrected chi connectivity index (χ4v) is 2.36. The Morgan fingerprint density at radius 3 is 3.00 bits per heavy atom. The molecule has 0 aliphatic rings. The highest BCUT2D eigenvalue weighted by Gasteiger charge is 2.18. The summed E-state index contributed by atoms with van der Waals surface area (Å²) in [6.45, 7) is 3.17. The van der Waals surface area contributed by atoms with Crippen LogP contribution in [0.1, 0.15) is 30.9 Å². The molecule has 2 rings (SSSR count). The minimum absolute atomic E-state index is 0.0906. The van der Waals surface area contributed by atoms with Crippen molar-refractivity contribution in [3.8, 4) is 0 Å². The largest absolute Gasteiger partial charge is 0.333 e. The second-order valence-corrected chi connectivity index (χ2v) is 4.33. The predicted octanol–water partition coefficient (Wildman–Crippen LogP) is 2.06. The van der Waals surface area contributed by atoms with E-state index in [-0.39, 0.29) is 6.04 Å². The van der Waals surface area contributed by atoms with Crippen molar-refractivity contribution in [1.29, 1.82) is 0 Å². The molecule has 0 radical (unpaired) electrons. The quantitative estimate of drug-likeness (QED) is 0.864. The predicted molar refractivity (Wildman–Crippen MR) is 65.5 cm³/mol. The zero-order valence-corrected chi connectivity index (χ0v) is 10.4. The number of rotatable bonds is 5. The minimum atomic E-state index is 0.0906. The molecule has 2 aromatic rings. The van der Waals surface area contributed by atoms with Crippen LogP contribution >= 0.6 is 11.3 Å². The Balaban J connectivity index is 2.30. The lowest BCUT2D eigenvalue weighted by atomic mass is 10.2. The third-order valence-electron chi connectivity index (χ3n) is 2.51. The van der Waals surface area contributed by atoms with Crippen LogP contribution in [0.2, 0.25) is 0 Å². The normalized spacial score (nSPS) is 12.9. The summed E-state index contributed by atoms with van der Waals surface area (Å²) in [6.07, 6.45) is 4.98. The third kappa shape index (κ3) is 2.15. The molecule has 0 spiro atoms. The summed E-state index contributed by atoms with van der Waals surface area (Å²) in [4.78, 5) is 8.77. The van der Waals surface area contributed by atoms with E-state index in [9.17, 15) is 0 Å². The highest BCUT2D eigenvalue weighted by Crippen LogP contribution is 2.20. The van der Waals surface area contributed by atoms with Gasteiger partial charge in [0.2, 0.25) is 0 Å². The van der Waals surface area contributed by atoms with Gasteiger partial charge in [-0.1, -0.05) is 6.92 Å². The second-order valence-electron chi connectivity index (χ2n) is 3.61. The summed E-state index contributed by atoms with van der Waals surface area (Å²) in [7, 11) is 1.94. The number of aryl methyl sites for hydroxylation is 1. The van der Waals surface area contributed by atoms with Gasteiger partial charge in [0.25, 0.3) is 0 Å². The van der Waals surface area contributed by atoms with Crippen molar-refractivity contribution in [2.45, 2.75) is 25.9 Å². The van der Waals surface area contributed by atoms with Gasteiger partial charge in [0, 0.05) is 24.3 Å². The molecule has 4 nitrogen and oxygen atoms in total. The van der Waals surface area contributed by atoms with Crippen LogP contribution in [-0.2, 0) is 6.54 Å². The monoisotopic (exact) mass is 236 g/mol. The standard InChI is InChI=1S/C11H16N4S/c1-3-5-15-6-4-13-11(15)10(12-2)9-7-16-8-14-9/h4,6-8,10,12H,3,5H2,1-2H3. The molecule has 0 saturated carbocycles. The van der Waals surface area contributed by atoms with E-state index < -0.39 is 0 Å². The van der Waals surface area contributed by atoms with E-state index in [0.29, 0.717) is 0 Å². The number of hydrogen-bond acceptors (Lipinski definition) is 4. The topological polar surface area (TPSA) is 42.7 Å². The van der Waals surface area contributed by atoms with Crippen molar-refractivity contribution in [1.82, 2.24) is 19.9 Å². The first-order chi connectivity index (χ1) is 7.86. The lowest BCUT2D eigenvalue weighted by molar-refractivity contribution is 0.561. The first-order valence-corrected chi connectivity index (χ1v) is 6.37. The van der Waals surface area contributed by atoms with Gasteiger partial charge in [0.1, 0.15) is 11.9 Å².